The van der Waals surface area contributed by atoms with Gasteiger partial charge in [0.05, 0.1) is 6.61 Å². The van der Waals surface area contributed by atoms with Crippen LogP contribution < -0.4 is 0 Å². The maximum atomic E-state index is 10.6. The van der Waals surface area contributed by atoms with Crippen LogP contribution in [0.25, 0.3) is 0 Å². The van der Waals surface area contributed by atoms with Crippen molar-refractivity contribution in [3.05, 3.63) is 0 Å². The monoisotopic (exact) mass is 406 g/mol. The molecule has 0 aromatic rings. The van der Waals surface area contributed by atoms with Crippen molar-refractivity contribution in [1.29, 1.82) is 0 Å². The van der Waals surface area contributed by atoms with Crippen LogP contribution in [0.15, 0.2) is 0 Å². The topological polar surface area (TPSA) is 83.8 Å². The predicted octanol–water partition coefficient (Wildman–Crippen LogP) is 6.46. The molecule has 0 bridgehead atoms. The summed E-state index contributed by atoms with van der Waals surface area (Å²) in [6.07, 6.45) is 19.1. The summed E-state index contributed by atoms with van der Waals surface area (Å²) in [5.41, 5.74) is 0. The molecule has 0 spiro atoms. The van der Waals surface area contributed by atoms with Crippen molar-refractivity contribution in [2.45, 2.75) is 128 Å². The summed E-state index contributed by atoms with van der Waals surface area (Å²) < 4.78 is 25.9. The smallest absolute Gasteiger partial charge is 0.394 e. The van der Waals surface area contributed by atoms with E-state index in [4.69, 9.17) is 5.11 Å². The number of aliphatic hydroxyl groups excluding tert-OH is 2. The Balaban J connectivity index is 3.34. The molecular weight excluding hydrogens is 363 g/mol. The van der Waals surface area contributed by atoms with Gasteiger partial charge in [0.2, 0.25) is 0 Å². The largest absolute Gasteiger partial charge is 0.468 e. The first-order valence-electron chi connectivity index (χ1n) is 11.2. The van der Waals surface area contributed by atoms with E-state index in [0.29, 0.717) is 6.42 Å². The Morgan fingerprint density at radius 1 is 0.704 bits per heavy atom. The highest BCUT2D eigenvalue weighted by atomic mass is 31.1. The highest BCUT2D eigenvalue weighted by molar-refractivity contribution is 7.24. The number of hydrogen-bond donors (Lipinski definition) is 2. The lowest BCUT2D eigenvalue weighted by Crippen LogP contribution is -2.30. The lowest BCUT2D eigenvalue weighted by atomic mass is 10.0. The van der Waals surface area contributed by atoms with Gasteiger partial charge in [0, 0.05) is 0 Å². The fourth-order valence-electron chi connectivity index (χ4n) is 3.44. The van der Waals surface area contributed by atoms with Crippen molar-refractivity contribution in [2.75, 3.05) is 6.61 Å². The summed E-state index contributed by atoms with van der Waals surface area (Å²) in [6, 6.07) is 0. The second-order valence-corrected chi connectivity index (χ2v) is 8.37. The molecule has 0 aromatic heterocycles. The first-order chi connectivity index (χ1) is 13.1. The Labute approximate surface area is 167 Å². The highest BCUT2D eigenvalue weighted by Gasteiger charge is 2.20. The quantitative estimate of drug-likeness (QED) is 0.169. The van der Waals surface area contributed by atoms with Crippen LogP contribution in [0.3, 0.4) is 0 Å². The molecule has 5 nitrogen and oxygen atoms in total. The maximum absolute atomic E-state index is 10.6. The Kier molecular flexibility index (Phi) is 20.3. The molecule has 2 N–H and O–H groups in total. The van der Waals surface area contributed by atoms with Gasteiger partial charge in [-0.1, -0.05) is 110 Å². The molecule has 2 unspecified atom stereocenters. The van der Waals surface area contributed by atoms with Crippen molar-refractivity contribution in [2.24, 2.45) is 0 Å². The number of rotatable bonds is 21. The standard InChI is InChI=1S/C21H43O5P/c1-2-3-4-5-6-7-8-9-10-11-12-13-14-15-16-17-18-21(20(23)19-22)26-27(24)25/h20-23H,2-19H2,1H3. The van der Waals surface area contributed by atoms with Gasteiger partial charge in [0.15, 0.2) is 0 Å². The van der Waals surface area contributed by atoms with Crippen LogP contribution in [0.5, 0.6) is 0 Å². The van der Waals surface area contributed by atoms with Crippen LogP contribution in [-0.2, 0) is 13.7 Å². The zero-order valence-electron chi connectivity index (χ0n) is 17.4. The minimum atomic E-state index is -2.99. The van der Waals surface area contributed by atoms with Crippen molar-refractivity contribution in [3.63, 3.8) is 0 Å². The lowest BCUT2D eigenvalue weighted by molar-refractivity contribution is -0.00329. The van der Waals surface area contributed by atoms with E-state index < -0.39 is 26.7 Å². The molecule has 0 heterocycles. The Hall–Kier alpha value is -0.220. The van der Waals surface area contributed by atoms with Crippen molar-refractivity contribution in [1.82, 2.24) is 0 Å². The van der Waals surface area contributed by atoms with Gasteiger partial charge in [-0.05, 0) is 6.42 Å². The van der Waals surface area contributed by atoms with E-state index in [2.05, 4.69) is 11.4 Å². The van der Waals surface area contributed by atoms with Crippen LogP contribution in [0, 0.1) is 0 Å². The fourth-order valence-corrected chi connectivity index (χ4v) is 3.90. The first kappa shape index (κ1) is 26.8. The Morgan fingerprint density at radius 2 is 1.07 bits per heavy atom. The van der Waals surface area contributed by atoms with E-state index in [0.717, 1.165) is 19.3 Å². The number of unbranched alkanes of at least 4 members (excludes halogenated alkanes) is 15. The van der Waals surface area contributed by atoms with Gasteiger partial charge in [-0.25, -0.2) is 9.13 Å². The molecule has 162 valence electrons. The van der Waals surface area contributed by atoms with E-state index >= 15 is 0 Å². The van der Waals surface area contributed by atoms with Crippen LogP contribution >= 0.6 is 7.91 Å². The van der Waals surface area contributed by atoms with E-state index in [9.17, 15) is 14.2 Å². The molecule has 0 saturated heterocycles. The van der Waals surface area contributed by atoms with Crippen LogP contribution in [0.4, 0.5) is 0 Å². The molecule has 0 aliphatic heterocycles. The van der Waals surface area contributed by atoms with Gasteiger partial charge in [0.25, 0.3) is 0 Å². The zero-order chi connectivity index (χ0) is 20.2. The molecule has 0 saturated carbocycles. The third-order valence-corrected chi connectivity index (χ3v) is 5.62. The molecule has 0 rings (SSSR count). The molecule has 0 aromatic carbocycles. The van der Waals surface area contributed by atoms with E-state index in [1.54, 1.807) is 0 Å². The number of hydrogen-bond acceptors (Lipinski definition) is 5. The Bertz CT molecular complexity index is 366. The van der Waals surface area contributed by atoms with Crippen LogP contribution in [-0.4, -0.2) is 29.0 Å². The van der Waals surface area contributed by atoms with Gasteiger partial charge < -0.3 is 10.2 Å². The predicted molar refractivity (Wildman–Crippen MR) is 110 cm³/mol. The van der Waals surface area contributed by atoms with E-state index in [-0.39, 0.29) is 0 Å². The van der Waals surface area contributed by atoms with Gasteiger partial charge in [-0.3, -0.25) is 4.52 Å². The molecule has 0 amide bonds. The first-order valence-corrected chi connectivity index (χ1v) is 12.3. The molecular formula is C21H43O5P. The summed E-state index contributed by atoms with van der Waals surface area (Å²) in [4.78, 5) is 0. The highest BCUT2D eigenvalue weighted by Crippen LogP contribution is 2.20. The average Bonchev–Trinajstić information content (AvgIpc) is 2.65. The van der Waals surface area contributed by atoms with E-state index in [1.165, 1.54) is 83.5 Å². The second kappa shape index (κ2) is 20.5. The maximum Gasteiger partial charge on any atom is 0.468 e. The Morgan fingerprint density at radius 3 is 1.41 bits per heavy atom. The molecule has 0 aliphatic rings. The molecule has 27 heavy (non-hydrogen) atoms. The molecule has 0 aliphatic carbocycles. The van der Waals surface area contributed by atoms with Gasteiger partial charge in [0.1, 0.15) is 12.2 Å². The normalized spacial score (nSPS) is 13.6. The van der Waals surface area contributed by atoms with Crippen molar-refractivity contribution >= 4 is 7.91 Å². The number of aliphatic hydroxyl groups is 2. The van der Waals surface area contributed by atoms with Crippen LogP contribution in [0.1, 0.15) is 116 Å². The summed E-state index contributed by atoms with van der Waals surface area (Å²) in [5, 5.41) is 18.5. The molecule has 2 atom stereocenters. The molecule has 6 heteroatoms. The van der Waals surface area contributed by atoms with E-state index in [1.807, 2.05) is 0 Å². The second-order valence-electron chi connectivity index (χ2n) is 7.71. The summed E-state index contributed by atoms with van der Waals surface area (Å²) >= 11 is 0. The van der Waals surface area contributed by atoms with Gasteiger partial charge >= 0.3 is 7.91 Å². The minimum Gasteiger partial charge on any atom is -0.394 e. The minimum absolute atomic E-state index is 0.462. The third kappa shape index (κ3) is 18.9. The summed E-state index contributed by atoms with van der Waals surface area (Å²) in [5.74, 6) is 0. The molecule has 0 fully saturated rings. The third-order valence-electron chi connectivity index (χ3n) is 5.18. The van der Waals surface area contributed by atoms with Gasteiger partial charge in [-0.15, -0.1) is 0 Å². The lowest BCUT2D eigenvalue weighted by Gasteiger charge is -2.17. The summed E-state index contributed by atoms with van der Waals surface area (Å²) in [7, 11) is -2.99. The van der Waals surface area contributed by atoms with Gasteiger partial charge in [-0.2, -0.15) is 0 Å². The van der Waals surface area contributed by atoms with Crippen molar-refractivity contribution < 1.29 is 23.9 Å². The van der Waals surface area contributed by atoms with Crippen molar-refractivity contribution in [3.8, 4) is 0 Å². The summed E-state index contributed by atoms with van der Waals surface area (Å²) in [6.45, 7) is 1.78. The SMILES string of the molecule is CCCCCCCCCCCCCCCCCCC(OP(=O)=O)C(O)CO. The fraction of sp³-hybridized carbons (Fsp3) is 1.00. The zero-order valence-corrected chi connectivity index (χ0v) is 18.3. The molecule has 0 radical (unpaired) electrons. The average molecular weight is 407 g/mol. The van der Waals surface area contributed by atoms with Crippen LogP contribution in [0.2, 0.25) is 0 Å².